The van der Waals surface area contributed by atoms with Crippen LogP contribution >= 0.6 is 0 Å². The lowest BCUT2D eigenvalue weighted by atomic mass is 10.1. The van der Waals surface area contributed by atoms with E-state index >= 15 is 0 Å². The molecule has 0 saturated carbocycles. The highest BCUT2D eigenvalue weighted by atomic mass is 16.2. The fourth-order valence-corrected chi connectivity index (χ4v) is 2.81. The van der Waals surface area contributed by atoms with E-state index in [1.54, 1.807) is 19.4 Å². The molecule has 7 nitrogen and oxygen atoms in total. The molecule has 0 unspecified atom stereocenters. The minimum atomic E-state index is 0.135. The largest absolute Gasteiger partial charge is 0.341 e. The van der Waals surface area contributed by atoms with E-state index in [0.29, 0.717) is 19.0 Å². The Morgan fingerprint density at radius 3 is 2.96 bits per heavy atom. The molecule has 24 heavy (non-hydrogen) atoms. The van der Waals surface area contributed by atoms with Gasteiger partial charge in [0.2, 0.25) is 11.9 Å². The van der Waals surface area contributed by atoms with Crippen molar-refractivity contribution >= 4 is 17.7 Å². The molecule has 0 aromatic carbocycles. The third-order valence-corrected chi connectivity index (χ3v) is 4.12. The van der Waals surface area contributed by atoms with Gasteiger partial charge in [-0.1, -0.05) is 6.07 Å². The molecule has 126 valence electrons. The van der Waals surface area contributed by atoms with Crippen molar-refractivity contribution in [2.75, 3.05) is 32.0 Å². The summed E-state index contributed by atoms with van der Waals surface area (Å²) in [7, 11) is 1.78. The van der Waals surface area contributed by atoms with Crippen molar-refractivity contribution in [2.45, 2.75) is 19.3 Å². The predicted octanol–water partition coefficient (Wildman–Crippen LogP) is 1.46. The van der Waals surface area contributed by atoms with E-state index in [-0.39, 0.29) is 11.8 Å². The predicted molar refractivity (Wildman–Crippen MR) is 92.2 cm³/mol. The Morgan fingerprint density at radius 1 is 1.33 bits per heavy atom. The number of carbonyl (C=O) groups is 1. The number of pyridine rings is 1. The summed E-state index contributed by atoms with van der Waals surface area (Å²) in [5, 5.41) is 6.03. The Hall–Kier alpha value is -2.54. The van der Waals surface area contributed by atoms with Crippen molar-refractivity contribution in [3.63, 3.8) is 0 Å². The Balaban J connectivity index is 1.67. The van der Waals surface area contributed by atoms with E-state index in [2.05, 4.69) is 25.6 Å². The summed E-state index contributed by atoms with van der Waals surface area (Å²) in [6.45, 7) is 3.86. The number of hydrogen-bond donors (Lipinski definition) is 2. The Kier molecular flexibility index (Phi) is 5.00. The second kappa shape index (κ2) is 7.35. The standard InChI is InChI=1S/C17H22N6O/c1-12-3-4-15(20-9-12)22-17-19-7-5-14(21-17)13-6-8-23(11-13)16(24)10-18-2/h3-5,7,9,13,18H,6,8,10-11H2,1-2H3,(H,19,20,21,22)/t13-/m0/s1. The van der Waals surface area contributed by atoms with Crippen LogP contribution in [0.15, 0.2) is 30.6 Å². The van der Waals surface area contributed by atoms with Gasteiger partial charge in [0.15, 0.2) is 0 Å². The van der Waals surface area contributed by atoms with Crippen LogP contribution in [0, 0.1) is 6.92 Å². The second-order valence-corrected chi connectivity index (χ2v) is 6.01. The molecule has 0 bridgehead atoms. The van der Waals surface area contributed by atoms with Gasteiger partial charge in [-0.15, -0.1) is 0 Å². The molecule has 0 aliphatic carbocycles. The highest BCUT2D eigenvalue weighted by Crippen LogP contribution is 2.26. The molecule has 1 amide bonds. The third-order valence-electron chi connectivity index (χ3n) is 4.12. The van der Waals surface area contributed by atoms with Crippen molar-refractivity contribution in [1.82, 2.24) is 25.2 Å². The maximum Gasteiger partial charge on any atom is 0.236 e. The lowest BCUT2D eigenvalue weighted by Gasteiger charge is -2.16. The van der Waals surface area contributed by atoms with Crippen molar-refractivity contribution in [3.8, 4) is 0 Å². The Bertz CT molecular complexity index is 702. The zero-order chi connectivity index (χ0) is 16.9. The molecule has 1 aliphatic rings. The molecule has 7 heteroatoms. The number of likely N-dealkylation sites (tertiary alicyclic amines) is 1. The summed E-state index contributed by atoms with van der Waals surface area (Å²) >= 11 is 0. The molecule has 1 aliphatic heterocycles. The van der Waals surface area contributed by atoms with Gasteiger partial charge < -0.3 is 15.5 Å². The van der Waals surface area contributed by atoms with Gasteiger partial charge in [-0.05, 0) is 38.1 Å². The smallest absolute Gasteiger partial charge is 0.236 e. The maximum atomic E-state index is 12.0. The minimum Gasteiger partial charge on any atom is -0.341 e. The van der Waals surface area contributed by atoms with E-state index in [9.17, 15) is 4.79 Å². The monoisotopic (exact) mass is 326 g/mol. The minimum absolute atomic E-state index is 0.135. The van der Waals surface area contributed by atoms with Gasteiger partial charge in [0, 0.05) is 31.4 Å². The molecular weight excluding hydrogens is 304 g/mol. The second-order valence-electron chi connectivity index (χ2n) is 6.01. The highest BCUT2D eigenvalue weighted by Gasteiger charge is 2.27. The number of carbonyl (C=O) groups excluding carboxylic acids is 1. The van der Waals surface area contributed by atoms with Crippen LogP contribution in [0.3, 0.4) is 0 Å². The molecule has 2 aromatic rings. The van der Waals surface area contributed by atoms with E-state index in [0.717, 1.165) is 30.0 Å². The van der Waals surface area contributed by atoms with Gasteiger partial charge in [-0.3, -0.25) is 4.79 Å². The van der Waals surface area contributed by atoms with Crippen LogP contribution in [-0.2, 0) is 4.79 Å². The van der Waals surface area contributed by atoms with Gasteiger partial charge in [0.1, 0.15) is 5.82 Å². The number of aromatic nitrogens is 3. The number of amides is 1. The first-order valence-corrected chi connectivity index (χ1v) is 8.10. The maximum absolute atomic E-state index is 12.0. The summed E-state index contributed by atoms with van der Waals surface area (Å²) in [6.07, 6.45) is 4.47. The molecule has 2 N–H and O–H groups in total. The van der Waals surface area contributed by atoms with Crippen molar-refractivity contribution in [3.05, 3.63) is 41.9 Å². The summed E-state index contributed by atoms with van der Waals surface area (Å²) in [6, 6.07) is 5.81. The zero-order valence-electron chi connectivity index (χ0n) is 14.0. The topological polar surface area (TPSA) is 83.0 Å². The average molecular weight is 326 g/mol. The normalized spacial score (nSPS) is 17.1. The van der Waals surface area contributed by atoms with Crippen LogP contribution < -0.4 is 10.6 Å². The molecule has 1 atom stereocenters. The summed E-state index contributed by atoms with van der Waals surface area (Å²) in [5.74, 6) is 1.63. The van der Waals surface area contributed by atoms with Gasteiger partial charge in [-0.2, -0.15) is 0 Å². The average Bonchev–Trinajstić information content (AvgIpc) is 3.08. The van der Waals surface area contributed by atoms with Gasteiger partial charge >= 0.3 is 0 Å². The first kappa shape index (κ1) is 16.3. The molecule has 2 aromatic heterocycles. The lowest BCUT2D eigenvalue weighted by molar-refractivity contribution is -0.129. The molecule has 0 radical (unpaired) electrons. The van der Waals surface area contributed by atoms with Crippen LogP contribution in [0.2, 0.25) is 0 Å². The number of nitrogens with zero attached hydrogens (tertiary/aromatic N) is 4. The Morgan fingerprint density at radius 2 is 2.21 bits per heavy atom. The summed E-state index contributed by atoms with van der Waals surface area (Å²) < 4.78 is 0. The van der Waals surface area contributed by atoms with Crippen LogP contribution in [0.4, 0.5) is 11.8 Å². The molecular formula is C17H22N6O. The van der Waals surface area contributed by atoms with Crippen molar-refractivity contribution < 1.29 is 4.79 Å². The van der Waals surface area contributed by atoms with Crippen LogP contribution in [0.25, 0.3) is 0 Å². The first-order valence-electron chi connectivity index (χ1n) is 8.10. The zero-order valence-corrected chi connectivity index (χ0v) is 14.0. The fraction of sp³-hybridized carbons (Fsp3) is 0.412. The number of nitrogens with one attached hydrogen (secondary N) is 2. The molecule has 3 heterocycles. The van der Waals surface area contributed by atoms with E-state index in [1.165, 1.54) is 0 Å². The van der Waals surface area contributed by atoms with E-state index in [1.807, 2.05) is 30.0 Å². The van der Waals surface area contributed by atoms with Crippen LogP contribution in [0.1, 0.15) is 23.6 Å². The number of rotatable bonds is 5. The Labute approximate surface area is 141 Å². The molecule has 0 spiro atoms. The van der Waals surface area contributed by atoms with Gasteiger partial charge in [-0.25, -0.2) is 15.0 Å². The number of likely N-dealkylation sites (N-methyl/N-ethyl adjacent to an activating group) is 1. The number of aryl methyl sites for hydroxylation is 1. The fourth-order valence-electron chi connectivity index (χ4n) is 2.81. The van der Waals surface area contributed by atoms with Crippen LogP contribution in [0.5, 0.6) is 0 Å². The van der Waals surface area contributed by atoms with Gasteiger partial charge in [0.25, 0.3) is 0 Å². The summed E-state index contributed by atoms with van der Waals surface area (Å²) in [4.78, 5) is 27.0. The quantitative estimate of drug-likeness (QED) is 0.865. The first-order chi connectivity index (χ1) is 11.7. The molecule has 1 fully saturated rings. The molecule has 1 saturated heterocycles. The third kappa shape index (κ3) is 3.86. The highest BCUT2D eigenvalue weighted by molar-refractivity contribution is 5.78. The van der Waals surface area contributed by atoms with Crippen molar-refractivity contribution in [2.24, 2.45) is 0 Å². The number of hydrogen-bond acceptors (Lipinski definition) is 6. The summed E-state index contributed by atoms with van der Waals surface area (Å²) in [5.41, 5.74) is 2.06. The van der Waals surface area contributed by atoms with Crippen molar-refractivity contribution in [1.29, 1.82) is 0 Å². The SMILES string of the molecule is CNCC(=O)N1CC[C@H](c2ccnc(Nc3ccc(C)cn3)n2)C1. The van der Waals surface area contributed by atoms with E-state index < -0.39 is 0 Å². The number of anilines is 2. The van der Waals surface area contributed by atoms with Gasteiger partial charge in [0.05, 0.1) is 12.2 Å². The molecule has 3 rings (SSSR count). The lowest BCUT2D eigenvalue weighted by Crippen LogP contribution is -2.35. The van der Waals surface area contributed by atoms with E-state index in [4.69, 9.17) is 0 Å². The van der Waals surface area contributed by atoms with Crippen LogP contribution in [-0.4, -0.2) is 52.4 Å².